The summed E-state index contributed by atoms with van der Waals surface area (Å²) in [6, 6.07) is 5.07. The second-order valence-corrected chi connectivity index (χ2v) is 5.64. The Bertz CT molecular complexity index is 626. The Morgan fingerprint density at radius 2 is 2.33 bits per heavy atom. The van der Waals surface area contributed by atoms with Crippen molar-refractivity contribution in [1.82, 2.24) is 14.9 Å². The van der Waals surface area contributed by atoms with Crippen LogP contribution in [0, 0.1) is 12.7 Å². The van der Waals surface area contributed by atoms with Gasteiger partial charge in [0.2, 0.25) is 0 Å². The smallest absolute Gasteiger partial charge is 0.165 e. The van der Waals surface area contributed by atoms with E-state index in [9.17, 15) is 4.39 Å². The van der Waals surface area contributed by atoms with Crippen LogP contribution in [0.15, 0.2) is 24.4 Å². The number of H-pyrrole nitrogens is 1. The lowest BCUT2D eigenvalue weighted by Crippen LogP contribution is -2.20. The number of imidazole rings is 1. The molecule has 1 aliphatic heterocycles. The number of aryl methyl sites for hydroxylation is 1. The van der Waals surface area contributed by atoms with E-state index in [2.05, 4.69) is 14.9 Å². The number of benzene rings is 1. The molecular weight excluding hydrogens is 269 g/mol. The number of rotatable bonds is 4. The van der Waals surface area contributed by atoms with Gasteiger partial charge in [0.1, 0.15) is 5.82 Å². The van der Waals surface area contributed by atoms with Crippen LogP contribution in [-0.2, 0) is 6.54 Å². The molecule has 5 heteroatoms. The summed E-state index contributed by atoms with van der Waals surface area (Å²) in [7, 11) is 1.49. The van der Waals surface area contributed by atoms with Crippen molar-refractivity contribution in [3.05, 3.63) is 47.3 Å². The van der Waals surface area contributed by atoms with Crippen molar-refractivity contribution in [1.29, 1.82) is 0 Å². The molecule has 2 heterocycles. The van der Waals surface area contributed by atoms with E-state index in [1.165, 1.54) is 13.2 Å². The Morgan fingerprint density at radius 1 is 1.48 bits per heavy atom. The molecule has 4 nitrogen and oxygen atoms in total. The first-order chi connectivity index (χ1) is 10.2. The highest BCUT2D eigenvalue weighted by atomic mass is 19.1. The highest BCUT2D eigenvalue weighted by molar-refractivity contribution is 5.30. The molecule has 0 amide bonds. The Morgan fingerprint density at radius 3 is 3.05 bits per heavy atom. The minimum Gasteiger partial charge on any atom is -0.494 e. The number of nitrogens with zero attached hydrogens (tertiary/aromatic N) is 2. The van der Waals surface area contributed by atoms with Gasteiger partial charge in [-0.3, -0.25) is 4.90 Å². The minimum absolute atomic E-state index is 0.310. The number of aromatic amines is 1. The van der Waals surface area contributed by atoms with Crippen molar-refractivity contribution in [3.8, 4) is 5.75 Å². The first kappa shape index (κ1) is 14.1. The lowest BCUT2D eigenvalue weighted by molar-refractivity contribution is 0.324. The summed E-state index contributed by atoms with van der Waals surface area (Å²) in [4.78, 5) is 10.1. The molecule has 0 spiro atoms. The Hall–Kier alpha value is -1.88. The lowest BCUT2D eigenvalue weighted by Gasteiger charge is -2.16. The molecule has 1 aromatic heterocycles. The van der Waals surface area contributed by atoms with Gasteiger partial charge in [-0.15, -0.1) is 0 Å². The highest BCUT2D eigenvalue weighted by Crippen LogP contribution is 2.27. The lowest BCUT2D eigenvalue weighted by atomic mass is 10.1. The molecule has 1 fully saturated rings. The van der Waals surface area contributed by atoms with Crippen molar-refractivity contribution in [2.45, 2.75) is 25.8 Å². The first-order valence-corrected chi connectivity index (χ1v) is 7.22. The van der Waals surface area contributed by atoms with E-state index >= 15 is 0 Å². The molecule has 3 rings (SSSR count). The largest absolute Gasteiger partial charge is 0.494 e. The molecule has 0 unspecified atom stereocenters. The van der Waals surface area contributed by atoms with Crippen LogP contribution >= 0.6 is 0 Å². The molecule has 1 N–H and O–H groups in total. The number of ether oxygens (including phenoxy) is 1. The van der Waals surface area contributed by atoms with E-state index in [4.69, 9.17) is 4.74 Å². The van der Waals surface area contributed by atoms with Crippen molar-refractivity contribution in [2.75, 3.05) is 20.2 Å². The number of hydrogen-bond donors (Lipinski definition) is 1. The van der Waals surface area contributed by atoms with E-state index in [0.29, 0.717) is 11.7 Å². The summed E-state index contributed by atoms with van der Waals surface area (Å²) in [5.41, 5.74) is 2.18. The Kier molecular flexibility index (Phi) is 3.92. The van der Waals surface area contributed by atoms with Crippen LogP contribution in [0.3, 0.4) is 0 Å². The molecule has 0 aliphatic carbocycles. The topological polar surface area (TPSA) is 41.1 Å². The predicted molar refractivity (Wildman–Crippen MR) is 78.9 cm³/mol. The van der Waals surface area contributed by atoms with Gasteiger partial charge in [0.05, 0.1) is 7.11 Å². The van der Waals surface area contributed by atoms with E-state index in [1.807, 2.05) is 19.2 Å². The van der Waals surface area contributed by atoms with Gasteiger partial charge in [0.25, 0.3) is 0 Å². The summed E-state index contributed by atoms with van der Waals surface area (Å²) in [6.45, 7) is 4.84. The molecule has 1 atom stereocenters. The van der Waals surface area contributed by atoms with Gasteiger partial charge in [0, 0.05) is 30.9 Å². The second-order valence-electron chi connectivity index (χ2n) is 5.64. The van der Waals surface area contributed by atoms with Crippen molar-refractivity contribution < 1.29 is 9.13 Å². The fourth-order valence-electron chi connectivity index (χ4n) is 2.90. The zero-order valence-electron chi connectivity index (χ0n) is 12.4. The summed E-state index contributed by atoms with van der Waals surface area (Å²) in [5, 5.41) is 0. The molecule has 1 aromatic carbocycles. The third-order valence-electron chi connectivity index (χ3n) is 4.00. The van der Waals surface area contributed by atoms with Crippen LogP contribution in [0.25, 0.3) is 0 Å². The van der Waals surface area contributed by atoms with Gasteiger partial charge in [-0.1, -0.05) is 6.07 Å². The van der Waals surface area contributed by atoms with Crippen LogP contribution in [0.5, 0.6) is 5.75 Å². The molecule has 2 aromatic rings. The van der Waals surface area contributed by atoms with Gasteiger partial charge >= 0.3 is 0 Å². The van der Waals surface area contributed by atoms with Crippen molar-refractivity contribution >= 4 is 0 Å². The van der Waals surface area contributed by atoms with E-state index < -0.39 is 0 Å². The zero-order chi connectivity index (χ0) is 14.8. The number of hydrogen-bond acceptors (Lipinski definition) is 3. The SMILES string of the molecule is COc1cc(CN2CC[C@@H](c3ncc(C)[nH]3)C2)ccc1F. The van der Waals surface area contributed by atoms with Crippen LogP contribution < -0.4 is 4.74 Å². The van der Waals surface area contributed by atoms with Crippen LogP contribution in [0.2, 0.25) is 0 Å². The molecular formula is C16H20FN3O. The molecule has 112 valence electrons. The quantitative estimate of drug-likeness (QED) is 0.941. The maximum absolute atomic E-state index is 13.4. The van der Waals surface area contributed by atoms with E-state index in [0.717, 1.165) is 43.1 Å². The average molecular weight is 289 g/mol. The minimum atomic E-state index is -0.313. The van der Waals surface area contributed by atoms with E-state index in [1.54, 1.807) is 6.07 Å². The highest BCUT2D eigenvalue weighted by Gasteiger charge is 2.25. The monoisotopic (exact) mass is 289 g/mol. The molecule has 21 heavy (non-hydrogen) atoms. The maximum atomic E-state index is 13.4. The second kappa shape index (κ2) is 5.85. The summed E-state index contributed by atoms with van der Waals surface area (Å²) >= 11 is 0. The van der Waals surface area contributed by atoms with Crippen LogP contribution in [0.4, 0.5) is 4.39 Å². The summed E-state index contributed by atoms with van der Waals surface area (Å²) in [6.07, 6.45) is 2.98. The average Bonchev–Trinajstić information content (AvgIpc) is 3.10. The van der Waals surface area contributed by atoms with Crippen molar-refractivity contribution in [2.24, 2.45) is 0 Å². The van der Waals surface area contributed by atoms with Gasteiger partial charge in [-0.05, 0) is 37.6 Å². The molecule has 0 saturated carbocycles. The standard InChI is InChI=1S/C16H20FN3O/c1-11-8-18-16(19-11)13-5-6-20(10-13)9-12-3-4-14(17)15(7-12)21-2/h3-4,7-8,13H,5-6,9-10H2,1-2H3,(H,18,19)/t13-/m1/s1. The van der Waals surface area contributed by atoms with Gasteiger partial charge in [-0.25, -0.2) is 9.37 Å². The first-order valence-electron chi connectivity index (χ1n) is 7.22. The predicted octanol–water partition coefficient (Wildman–Crippen LogP) is 2.86. The Labute approximate surface area is 124 Å². The number of likely N-dealkylation sites (tertiary alicyclic amines) is 1. The Balaban J connectivity index is 1.64. The van der Waals surface area contributed by atoms with Gasteiger partial charge in [0.15, 0.2) is 11.6 Å². The van der Waals surface area contributed by atoms with Crippen LogP contribution in [0.1, 0.15) is 29.4 Å². The normalized spacial score (nSPS) is 19.1. The number of halogens is 1. The van der Waals surface area contributed by atoms with Crippen LogP contribution in [-0.4, -0.2) is 35.1 Å². The molecule has 0 bridgehead atoms. The third kappa shape index (κ3) is 3.08. The van der Waals surface area contributed by atoms with E-state index in [-0.39, 0.29) is 5.82 Å². The zero-order valence-corrected chi connectivity index (χ0v) is 12.4. The third-order valence-corrected chi connectivity index (χ3v) is 4.00. The molecule has 0 radical (unpaired) electrons. The van der Waals surface area contributed by atoms with Crippen molar-refractivity contribution in [3.63, 3.8) is 0 Å². The summed E-state index contributed by atoms with van der Waals surface area (Å²) < 4.78 is 18.5. The molecule has 1 aliphatic rings. The number of aromatic nitrogens is 2. The fourth-order valence-corrected chi connectivity index (χ4v) is 2.90. The maximum Gasteiger partial charge on any atom is 0.165 e. The number of methoxy groups -OCH3 is 1. The van der Waals surface area contributed by atoms with Gasteiger partial charge < -0.3 is 9.72 Å². The van der Waals surface area contributed by atoms with Gasteiger partial charge in [-0.2, -0.15) is 0 Å². The number of nitrogens with one attached hydrogen (secondary N) is 1. The molecule has 1 saturated heterocycles. The fraction of sp³-hybridized carbons (Fsp3) is 0.438. The summed E-state index contributed by atoms with van der Waals surface area (Å²) in [5.74, 6) is 1.53.